The maximum atomic E-state index is 10.7. The van der Waals surface area contributed by atoms with Crippen molar-refractivity contribution in [1.29, 1.82) is 0 Å². The van der Waals surface area contributed by atoms with Gasteiger partial charge in [-0.05, 0) is 12.3 Å². The Balaban J connectivity index is 2.68. The lowest BCUT2D eigenvalue weighted by Crippen LogP contribution is -2.09. The van der Waals surface area contributed by atoms with Gasteiger partial charge in [-0.15, -0.1) is 0 Å². The molecule has 0 aliphatic carbocycles. The van der Waals surface area contributed by atoms with E-state index in [-0.39, 0.29) is 5.15 Å². The van der Waals surface area contributed by atoms with E-state index in [1.165, 1.54) is 6.33 Å². The first-order valence-electron chi connectivity index (χ1n) is 4.84. The summed E-state index contributed by atoms with van der Waals surface area (Å²) in [6, 6.07) is 0. The third-order valence-corrected chi connectivity index (χ3v) is 2.27. The van der Waals surface area contributed by atoms with Crippen LogP contribution in [0.2, 0.25) is 5.15 Å². The highest BCUT2D eigenvalue weighted by Crippen LogP contribution is 2.17. The minimum Gasteiger partial charge on any atom is -0.369 e. The Morgan fingerprint density at radius 2 is 2.27 bits per heavy atom. The van der Waals surface area contributed by atoms with Gasteiger partial charge < -0.3 is 5.32 Å². The highest BCUT2D eigenvalue weighted by molar-refractivity contribution is 6.32. The first kappa shape index (κ1) is 11.9. The molecule has 0 aliphatic heterocycles. The predicted octanol–water partition coefficient (Wildman–Crippen LogP) is 2.40. The van der Waals surface area contributed by atoms with Crippen LogP contribution in [0.4, 0.5) is 5.82 Å². The zero-order valence-corrected chi connectivity index (χ0v) is 9.58. The summed E-state index contributed by atoms with van der Waals surface area (Å²) in [4.78, 5) is 18.4. The third-order valence-electron chi connectivity index (χ3n) is 1.97. The molecule has 0 saturated carbocycles. The number of hydrogen-bond acceptors (Lipinski definition) is 4. The Morgan fingerprint density at radius 3 is 2.87 bits per heavy atom. The van der Waals surface area contributed by atoms with Crippen LogP contribution in [0.1, 0.15) is 30.6 Å². The molecule has 0 spiro atoms. The van der Waals surface area contributed by atoms with Crippen LogP contribution in [0.15, 0.2) is 6.33 Å². The lowest BCUT2D eigenvalue weighted by Gasteiger charge is -2.09. The van der Waals surface area contributed by atoms with Gasteiger partial charge in [-0.1, -0.05) is 25.4 Å². The summed E-state index contributed by atoms with van der Waals surface area (Å²) in [5.41, 5.74) is 0.322. The number of aromatic nitrogens is 2. The van der Waals surface area contributed by atoms with E-state index in [0.717, 1.165) is 13.0 Å². The largest absolute Gasteiger partial charge is 0.369 e. The number of carbonyl (C=O) groups excluding carboxylic acids is 1. The van der Waals surface area contributed by atoms with Gasteiger partial charge in [-0.3, -0.25) is 4.79 Å². The van der Waals surface area contributed by atoms with Crippen LogP contribution >= 0.6 is 11.6 Å². The second kappa shape index (κ2) is 5.66. The molecule has 4 nitrogen and oxygen atoms in total. The maximum absolute atomic E-state index is 10.7. The summed E-state index contributed by atoms with van der Waals surface area (Å²) in [6.07, 6.45) is 3.02. The predicted molar refractivity (Wildman–Crippen MR) is 60.4 cm³/mol. The van der Waals surface area contributed by atoms with Crippen molar-refractivity contribution in [2.24, 2.45) is 5.92 Å². The Morgan fingerprint density at radius 1 is 1.53 bits per heavy atom. The molecule has 0 radical (unpaired) electrons. The molecule has 0 amide bonds. The summed E-state index contributed by atoms with van der Waals surface area (Å²) in [5.74, 6) is 1.11. The fourth-order valence-corrected chi connectivity index (χ4v) is 1.28. The van der Waals surface area contributed by atoms with Gasteiger partial charge in [0, 0.05) is 6.54 Å². The highest BCUT2D eigenvalue weighted by atomic mass is 35.5. The zero-order chi connectivity index (χ0) is 11.3. The fraction of sp³-hybridized carbons (Fsp3) is 0.500. The summed E-state index contributed by atoms with van der Waals surface area (Å²) in [7, 11) is 0. The second-order valence-corrected chi connectivity index (χ2v) is 4.01. The number of nitrogens with one attached hydrogen (secondary N) is 1. The molecular formula is C10H14ClN3O. The number of aldehydes is 1. The van der Waals surface area contributed by atoms with Crippen LogP contribution in [-0.2, 0) is 0 Å². The zero-order valence-electron chi connectivity index (χ0n) is 8.83. The molecule has 0 aromatic carbocycles. The van der Waals surface area contributed by atoms with Gasteiger partial charge in [0.2, 0.25) is 0 Å². The summed E-state index contributed by atoms with van der Waals surface area (Å²) in [6.45, 7) is 5.04. The maximum Gasteiger partial charge on any atom is 0.156 e. The van der Waals surface area contributed by atoms with E-state index in [2.05, 4.69) is 29.1 Å². The van der Waals surface area contributed by atoms with Crippen LogP contribution in [0.5, 0.6) is 0 Å². The topological polar surface area (TPSA) is 54.9 Å². The third kappa shape index (κ3) is 3.47. The fourth-order valence-electron chi connectivity index (χ4n) is 1.10. The Labute approximate surface area is 94.1 Å². The Kier molecular flexibility index (Phi) is 4.49. The minimum absolute atomic E-state index is 0.187. The van der Waals surface area contributed by atoms with Crippen molar-refractivity contribution in [1.82, 2.24) is 9.97 Å². The molecule has 1 rings (SSSR count). The van der Waals surface area contributed by atoms with Crippen molar-refractivity contribution in [3.63, 3.8) is 0 Å². The standard InChI is InChI=1S/C10H14ClN3O/c1-7(2)3-4-12-10-8(5-15)9(11)13-6-14-10/h5-7H,3-4H2,1-2H3,(H,12,13,14). The van der Waals surface area contributed by atoms with Gasteiger partial charge in [0.25, 0.3) is 0 Å². The highest BCUT2D eigenvalue weighted by Gasteiger charge is 2.08. The Hall–Kier alpha value is -1.16. The first-order valence-corrected chi connectivity index (χ1v) is 5.22. The quantitative estimate of drug-likeness (QED) is 0.620. The lowest BCUT2D eigenvalue weighted by atomic mass is 10.1. The average Bonchev–Trinajstić information content (AvgIpc) is 2.17. The summed E-state index contributed by atoms with van der Waals surface area (Å²) in [5, 5.41) is 3.26. The van der Waals surface area contributed by atoms with Crippen molar-refractivity contribution in [3.05, 3.63) is 17.0 Å². The number of carbonyl (C=O) groups is 1. The number of hydrogen-bond donors (Lipinski definition) is 1. The van der Waals surface area contributed by atoms with Crippen molar-refractivity contribution in [3.8, 4) is 0 Å². The van der Waals surface area contributed by atoms with Crippen molar-refractivity contribution in [2.45, 2.75) is 20.3 Å². The van der Waals surface area contributed by atoms with Gasteiger partial charge in [0.15, 0.2) is 6.29 Å². The van der Waals surface area contributed by atoms with E-state index in [9.17, 15) is 4.79 Å². The molecule has 15 heavy (non-hydrogen) atoms. The molecule has 0 saturated heterocycles. The van der Waals surface area contributed by atoms with E-state index in [0.29, 0.717) is 23.6 Å². The average molecular weight is 228 g/mol. The smallest absolute Gasteiger partial charge is 0.156 e. The van der Waals surface area contributed by atoms with Gasteiger partial charge in [-0.25, -0.2) is 9.97 Å². The van der Waals surface area contributed by atoms with E-state index in [4.69, 9.17) is 11.6 Å². The Bertz CT molecular complexity index is 341. The van der Waals surface area contributed by atoms with E-state index in [1.54, 1.807) is 0 Å². The SMILES string of the molecule is CC(C)CCNc1ncnc(Cl)c1C=O. The first-order chi connectivity index (χ1) is 7.15. The summed E-state index contributed by atoms with van der Waals surface area (Å²) < 4.78 is 0. The monoisotopic (exact) mass is 227 g/mol. The number of halogens is 1. The van der Waals surface area contributed by atoms with Gasteiger partial charge in [0.05, 0.1) is 5.56 Å². The summed E-state index contributed by atoms with van der Waals surface area (Å²) >= 11 is 5.75. The molecule has 82 valence electrons. The molecule has 0 atom stereocenters. The normalized spacial score (nSPS) is 10.4. The van der Waals surface area contributed by atoms with Crippen molar-refractivity contribution in [2.75, 3.05) is 11.9 Å². The molecule has 0 bridgehead atoms. The molecule has 0 aliphatic rings. The van der Waals surface area contributed by atoms with Crippen LogP contribution in [0, 0.1) is 5.92 Å². The van der Waals surface area contributed by atoms with Crippen molar-refractivity contribution >= 4 is 23.7 Å². The van der Waals surface area contributed by atoms with Crippen LogP contribution in [0.3, 0.4) is 0 Å². The van der Waals surface area contributed by atoms with Gasteiger partial charge >= 0.3 is 0 Å². The molecule has 1 aromatic heterocycles. The van der Waals surface area contributed by atoms with Crippen LogP contribution in [-0.4, -0.2) is 22.8 Å². The number of rotatable bonds is 5. The minimum atomic E-state index is 0.187. The van der Waals surface area contributed by atoms with E-state index in [1.807, 2.05) is 0 Å². The molecule has 1 heterocycles. The van der Waals surface area contributed by atoms with E-state index < -0.39 is 0 Å². The van der Waals surface area contributed by atoms with Gasteiger partial charge in [-0.2, -0.15) is 0 Å². The van der Waals surface area contributed by atoms with Crippen LogP contribution < -0.4 is 5.32 Å². The molecule has 0 fully saturated rings. The van der Waals surface area contributed by atoms with Crippen LogP contribution in [0.25, 0.3) is 0 Å². The molecule has 0 unspecified atom stereocenters. The molecule has 5 heteroatoms. The molecule has 1 N–H and O–H groups in total. The number of anilines is 1. The van der Waals surface area contributed by atoms with Crippen molar-refractivity contribution < 1.29 is 4.79 Å². The molecular weight excluding hydrogens is 214 g/mol. The second-order valence-electron chi connectivity index (χ2n) is 3.65. The number of nitrogens with zero attached hydrogens (tertiary/aromatic N) is 2. The van der Waals surface area contributed by atoms with E-state index >= 15 is 0 Å². The molecule has 1 aromatic rings. The lowest BCUT2D eigenvalue weighted by molar-refractivity contribution is 0.112. The van der Waals surface area contributed by atoms with Gasteiger partial charge in [0.1, 0.15) is 17.3 Å².